The smallest absolute Gasteiger partial charge is 0.119 e. The van der Waals surface area contributed by atoms with Crippen molar-refractivity contribution in [1.82, 2.24) is 0 Å². The van der Waals surface area contributed by atoms with Crippen LogP contribution in [0.5, 0.6) is 11.5 Å². The first-order chi connectivity index (χ1) is 21.3. The molecule has 210 valence electrons. The molecule has 0 spiro atoms. The zero-order valence-corrected chi connectivity index (χ0v) is 25.3. The van der Waals surface area contributed by atoms with E-state index in [1.165, 1.54) is 66.4 Å². The summed E-state index contributed by atoms with van der Waals surface area (Å²) < 4.78 is 12.3. The zero-order chi connectivity index (χ0) is 28.4. The summed E-state index contributed by atoms with van der Waals surface area (Å²) in [5.74, 6) is 4.28. The van der Waals surface area contributed by atoms with Gasteiger partial charge in [0.25, 0.3) is 0 Å². The van der Waals surface area contributed by atoms with E-state index in [1.807, 2.05) is 23.5 Å². The molecule has 2 fully saturated rings. The number of ether oxygens (including phenoxy) is 2. The average Bonchev–Trinajstić information content (AvgIpc) is 4.00. The van der Waals surface area contributed by atoms with Crippen molar-refractivity contribution in [2.75, 3.05) is 24.7 Å². The fraction of sp³-hybridized carbons (Fsp3) is 0.179. The average molecular weight is 595 g/mol. The lowest BCUT2D eigenvalue weighted by Crippen LogP contribution is -2.28. The Morgan fingerprint density at radius 3 is 1.26 bits per heavy atom. The minimum Gasteiger partial charge on any atom is -0.492 e. The number of fused-ring (bicyclic) bond motifs is 5. The maximum absolute atomic E-state index is 6.17. The Morgan fingerprint density at radius 1 is 0.512 bits per heavy atom. The Labute approximate surface area is 260 Å². The normalized spacial score (nSPS) is 19.2. The quantitative estimate of drug-likeness (QED) is 0.163. The first kappa shape index (κ1) is 25.6. The number of hydrogen-bond acceptors (Lipinski definition) is 4. The first-order valence-electron chi connectivity index (χ1n) is 15.0. The molecule has 3 aliphatic rings. The molecule has 0 aromatic heterocycles. The Hall–Kier alpha value is -3.86. The van der Waals surface area contributed by atoms with Crippen LogP contribution in [0.2, 0.25) is 0 Å². The molecule has 2 atom stereocenters. The van der Waals surface area contributed by atoms with Crippen LogP contribution in [-0.4, -0.2) is 35.2 Å². The number of thioether (sulfide) groups is 2. The Morgan fingerprint density at radius 2 is 0.884 bits per heavy atom. The van der Waals surface area contributed by atoms with Crippen molar-refractivity contribution in [3.63, 3.8) is 0 Å². The lowest BCUT2D eigenvalue weighted by Gasteiger charge is -2.34. The van der Waals surface area contributed by atoms with Gasteiger partial charge in [-0.15, -0.1) is 0 Å². The third-order valence-electron chi connectivity index (χ3n) is 9.12. The highest BCUT2D eigenvalue weighted by Gasteiger charge is 2.46. The van der Waals surface area contributed by atoms with Crippen molar-refractivity contribution in [1.29, 1.82) is 0 Å². The van der Waals surface area contributed by atoms with E-state index in [4.69, 9.17) is 9.47 Å². The lowest BCUT2D eigenvalue weighted by molar-refractivity contribution is 0.329. The minimum atomic E-state index is -0.492. The number of rotatable bonds is 8. The molecule has 4 heteroatoms. The van der Waals surface area contributed by atoms with Crippen LogP contribution in [0.3, 0.4) is 0 Å². The zero-order valence-electron chi connectivity index (χ0n) is 23.7. The van der Waals surface area contributed by atoms with E-state index >= 15 is 0 Å². The van der Waals surface area contributed by atoms with Gasteiger partial charge in [-0.2, -0.15) is 23.5 Å². The van der Waals surface area contributed by atoms with Crippen LogP contribution in [-0.2, 0) is 5.41 Å². The molecule has 0 bridgehead atoms. The van der Waals surface area contributed by atoms with Crippen molar-refractivity contribution in [3.8, 4) is 22.6 Å². The SMILES string of the molecule is c1ccc2cc3c(cc2c1)-c1cc2ccccc2cc1C3(c1ccc(OCC2CS2)cc1)c1ccc(OCC2CS2)cc1. The highest BCUT2D eigenvalue weighted by molar-refractivity contribution is 8.07. The molecular formula is C39H30O2S2. The summed E-state index contributed by atoms with van der Waals surface area (Å²) in [5.41, 5.74) is 7.25. The van der Waals surface area contributed by atoms with E-state index in [0.29, 0.717) is 10.5 Å². The van der Waals surface area contributed by atoms with Crippen LogP contribution in [0.1, 0.15) is 22.3 Å². The van der Waals surface area contributed by atoms with E-state index in [-0.39, 0.29) is 0 Å². The molecule has 2 nitrogen and oxygen atoms in total. The fourth-order valence-electron chi connectivity index (χ4n) is 6.79. The maximum atomic E-state index is 6.17. The molecule has 2 aliphatic heterocycles. The lowest BCUT2D eigenvalue weighted by atomic mass is 9.67. The second kappa shape index (κ2) is 10.1. The van der Waals surface area contributed by atoms with E-state index in [1.54, 1.807) is 0 Å². The second-order valence-electron chi connectivity index (χ2n) is 11.8. The van der Waals surface area contributed by atoms with Gasteiger partial charge in [0.2, 0.25) is 0 Å². The Bertz CT molecular complexity index is 1840. The van der Waals surface area contributed by atoms with Gasteiger partial charge >= 0.3 is 0 Å². The molecule has 2 unspecified atom stereocenters. The number of hydrogen-bond donors (Lipinski definition) is 0. The van der Waals surface area contributed by atoms with Crippen molar-refractivity contribution in [3.05, 3.63) is 144 Å². The van der Waals surface area contributed by atoms with Gasteiger partial charge in [-0.25, -0.2) is 0 Å². The predicted octanol–water partition coefficient (Wildman–Crippen LogP) is 9.34. The molecule has 2 saturated heterocycles. The van der Waals surface area contributed by atoms with Crippen molar-refractivity contribution in [2.45, 2.75) is 15.9 Å². The summed E-state index contributed by atoms with van der Waals surface area (Å²) >= 11 is 3.93. The minimum absolute atomic E-state index is 0.492. The molecule has 43 heavy (non-hydrogen) atoms. The summed E-state index contributed by atoms with van der Waals surface area (Å²) in [5, 5.41) is 6.32. The summed E-state index contributed by atoms with van der Waals surface area (Å²) in [7, 11) is 0. The Kier molecular flexibility index (Phi) is 6.02. The molecule has 0 N–H and O–H groups in total. The van der Waals surface area contributed by atoms with Gasteiger partial charge in [-0.3, -0.25) is 0 Å². The topological polar surface area (TPSA) is 18.5 Å². The van der Waals surface area contributed by atoms with Gasteiger partial charge in [0, 0.05) is 22.0 Å². The first-order valence-corrected chi connectivity index (χ1v) is 17.1. The number of benzene rings is 6. The summed E-state index contributed by atoms with van der Waals surface area (Å²) in [6, 6.07) is 44.9. The van der Waals surface area contributed by atoms with Gasteiger partial charge in [-0.1, -0.05) is 72.8 Å². The third-order valence-corrected chi connectivity index (χ3v) is 11.0. The molecular weight excluding hydrogens is 565 g/mol. The van der Waals surface area contributed by atoms with Crippen LogP contribution in [0.15, 0.2) is 121 Å². The van der Waals surface area contributed by atoms with Gasteiger partial charge in [0.15, 0.2) is 0 Å². The molecule has 0 saturated carbocycles. The largest absolute Gasteiger partial charge is 0.492 e. The summed E-state index contributed by atoms with van der Waals surface area (Å²) in [4.78, 5) is 0. The fourth-order valence-corrected chi connectivity index (χ4v) is 7.58. The van der Waals surface area contributed by atoms with E-state index < -0.39 is 5.41 Å². The summed E-state index contributed by atoms with van der Waals surface area (Å²) in [6.45, 7) is 1.55. The van der Waals surface area contributed by atoms with E-state index in [2.05, 4.69) is 121 Å². The Balaban J connectivity index is 1.29. The van der Waals surface area contributed by atoms with Gasteiger partial charge in [-0.05, 0) is 103 Å². The highest BCUT2D eigenvalue weighted by atomic mass is 32.2. The van der Waals surface area contributed by atoms with Gasteiger partial charge in [0.1, 0.15) is 24.7 Å². The van der Waals surface area contributed by atoms with Crippen LogP contribution in [0, 0.1) is 0 Å². The molecule has 0 amide bonds. The summed E-state index contributed by atoms with van der Waals surface area (Å²) in [6.07, 6.45) is 0. The van der Waals surface area contributed by atoms with E-state index in [0.717, 1.165) is 24.7 Å². The van der Waals surface area contributed by atoms with Crippen molar-refractivity contribution in [2.24, 2.45) is 0 Å². The van der Waals surface area contributed by atoms with Crippen LogP contribution < -0.4 is 9.47 Å². The van der Waals surface area contributed by atoms with Crippen molar-refractivity contribution < 1.29 is 9.47 Å². The van der Waals surface area contributed by atoms with Gasteiger partial charge in [0.05, 0.1) is 5.41 Å². The molecule has 0 radical (unpaired) electrons. The van der Waals surface area contributed by atoms with Crippen LogP contribution in [0.25, 0.3) is 32.7 Å². The molecule has 9 rings (SSSR count). The monoisotopic (exact) mass is 594 g/mol. The highest BCUT2D eigenvalue weighted by Crippen LogP contribution is 2.58. The predicted molar refractivity (Wildman–Crippen MR) is 182 cm³/mol. The van der Waals surface area contributed by atoms with Crippen LogP contribution in [0.4, 0.5) is 0 Å². The maximum Gasteiger partial charge on any atom is 0.119 e. The standard InChI is InChI=1S/C39H30O2S2/c1-3-7-27-19-37-35(17-25(27)5-1)36-18-26-6-2-4-8-28(26)20-38(36)39(37,29-9-13-31(14-10-29)40-21-33-23-42-33)30-11-15-32(16-12-30)41-22-34-24-43-34/h1-20,33-34H,21-24H2. The second-order valence-corrected chi connectivity index (χ2v) is 14.5. The van der Waals surface area contributed by atoms with Gasteiger partial charge < -0.3 is 9.47 Å². The molecule has 1 aliphatic carbocycles. The molecule has 6 aromatic carbocycles. The van der Waals surface area contributed by atoms with Crippen LogP contribution >= 0.6 is 23.5 Å². The molecule has 6 aromatic rings. The third kappa shape index (κ3) is 4.42. The van der Waals surface area contributed by atoms with E-state index in [9.17, 15) is 0 Å². The molecule has 2 heterocycles. The van der Waals surface area contributed by atoms with Crippen molar-refractivity contribution >= 4 is 45.1 Å².